The summed E-state index contributed by atoms with van der Waals surface area (Å²) < 4.78 is 17.1. The van der Waals surface area contributed by atoms with Crippen LogP contribution in [0.4, 0.5) is 0 Å². The number of rotatable bonds is 6. The van der Waals surface area contributed by atoms with E-state index >= 15 is 0 Å². The van der Waals surface area contributed by atoms with Crippen molar-refractivity contribution in [1.82, 2.24) is 20.3 Å². The van der Waals surface area contributed by atoms with Crippen molar-refractivity contribution < 1.29 is 13.7 Å². The molecule has 2 heterocycles. The zero-order chi connectivity index (χ0) is 18.6. The van der Waals surface area contributed by atoms with Gasteiger partial charge in [0.25, 0.3) is 5.22 Å². The summed E-state index contributed by atoms with van der Waals surface area (Å²) in [4.78, 5) is 4.40. The fourth-order valence-electron chi connectivity index (χ4n) is 2.30. The van der Waals surface area contributed by atoms with E-state index in [1.165, 1.54) is 11.8 Å². The maximum atomic E-state index is 5.68. The third-order valence-corrected chi connectivity index (χ3v) is 4.91. The summed E-state index contributed by atoms with van der Waals surface area (Å²) in [6.07, 6.45) is 0. The van der Waals surface area contributed by atoms with Gasteiger partial charge in [-0.05, 0) is 36.4 Å². The normalized spacial score (nSPS) is 10.9. The minimum absolute atomic E-state index is 0.433. The second kappa shape index (κ2) is 7.93. The molecule has 4 rings (SSSR count). The van der Waals surface area contributed by atoms with Crippen LogP contribution in [0.15, 0.2) is 67.2 Å². The highest BCUT2D eigenvalue weighted by Gasteiger charge is 2.13. The molecule has 4 aromatic rings. The Kier molecular flexibility index (Phi) is 5.21. The Morgan fingerprint density at radius 1 is 1.07 bits per heavy atom. The predicted molar refractivity (Wildman–Crippen MR) is 103 cm³/mol. The van der Waals surface area contributed by atoms with E-state index in [1.54, 1.807) is 7.11 Å². The van der Waals surface area contributed by atoms with E-state index in [2.05, 4.69) is 36.3 Å². The van der Waals surface area contributed by atoms with Crippen molar-refractivity contribution in [3.63, 3.8) is 0 Å². The number of hydrogen-bond donors (Lipinski definition) is 0. The van der Waals surface area contributed by atoms with Gasteiger partial charge < -0.3 is 13.7 Å². The highest BCUT2D eigenvalue weighted by molar-refractivity contribution is 9.10. The van der Waals surface area contributed by atoms with Gasteiger partial charge in [-0.15, -0.1) is 10.2 Å². The lowest BCUT2D eigenvalue weighted by molar-refractivity contribution is 0.391. The molecule has 0 aliphatic rings. The van der Waals surface area contributed by atoms with Crippen molar-refractivity contribution in [3.8, 4) is 28.6 Å². The second-order valence-electron chi connectivity index (χ2n) is 5.41. The van der Waals surface area contributed by atoms with Crippen LogP contribution in [0.5, 0.6) is 5.75 Å². The van der Waals surface area contributed by atoms with Crippen LogP contribution in [0.1, 0.15) is 5.89 Å². The summed E-state index contributed by atoms with van der Waals surface area (Å²) in [5.74, 6) is 2.67. The van der Waals surface area contributed by atoms with Crippen LogP contribution in [0.25, 0.3) is 22.8 Å². The van der Waals surface area contributed by atoms with E-state index in [4.69, 9.17) is 13.7 Å². The number of benzene rings is 2. The quantitative estimate of drug-likeness (QED) is 0.390. The molecule has 0 radical (unpaired) electrons. The SMILES string of the molecule is COc1ccc(-c2nnc(SCc3nc(-c4cccc(Br)c4)no3)o2)cc1. The molecular formula is C18H13BrN4O3S. The van der Waals surface area contributed by atoms with Gasteiger partial charge >= 0.3 is 0 Å². The summed E-state index contributed by atoms with van der Waals surface area (Å²) >= 11 is 4.77. The van der Waals surface area contributed by atoms with Crippen molar-refractivity contribution in [2.24, 2.45) is 0 Å². The van der Waals surface area contributed by atoms with Gasteiger partial charge in [-0.3, -0.25) is 0 Å². The van der Waals surface area contributed by atoms with Gasteiger partial charge in [0.2, 0.25) is 17.6 Å². The molecular weight excluding hydrogens is 432 g/mol. The number of aromatic nitrogens is 4. The van der Waals surface area contributed by atoms with Gasteiger partial charge in [-0.1, -0.05) is 45.0 Å². The van der Waals surface area contributed by atoms with Crippen LogP contribution in [0, 0.1) is 0 Å². The molecule has 0 saturated carbocycles. The van der Waals surface area contributed by atoms with Crippen LogP contribution in [-0.4, -0.2) is 27.4 Å². The lowest BCUT2D eigenvalue weighted by Crippen LogP contribution is -1.83. The molecule has 0 aliphatic heterocycles. The molecule has 9 heteroatoms. The molecule has 0 aliphatic carbocycles. The number of methoxy groups -OCH3 is 1. The average molecular weight is 445 g/mol. The van der Waals surface area contributed by atoms with Gasteiger partial charge in [-0.2, -0.15) is 4.98 Å². The summed E-state index contributed by atoms with van der Waals surface area (Å²) in [7, 11) is 1.62. The highest BCUT2D eigenvalue weighted by Crippen LogP contribution is 2.27. The van der Waals surface area contributed by atoms with Crippen molar-refractivity contribution in [2.75, 3.05) is 7.11 Å². The number of nitrogens with zero attached hydrogens (tertiary/aromatic N) is 4. The predicted octanol–water partition coefficient (Wildman–Crippen LogP) is 4.85. The monoisotopic (exact) mass is 444 g/mol. The highest BCUT2D eigenvalue weighted by atomic mass is 79.9. The molecule has 0 amide bonds. The largest absolute Gasteiger partial charge is 0.497 e. The third kappa shape index (κ3) is 4.20. The molecule has 0 atom stereocenters. The standard InChI is InChI=1S/C18H13BrN4O3S/c1-24-14-7-5-11(6-8-14)17-21-22-18(25-17)27-10-15-20-16(23-26-15)12-3-2-4-13(19)9-12/h2-9H,10H2,1H3. The number of halogens is 1. The van der Waals surface area contributed by atoms with Gasteiger partial charge in [-0.25, -0.2) is 0 Å². The van der Waals surface area contributed by atoms with Gasteiger partial charge in [0.15, 0.2) is 0 Å². The molecule has 0 unspecified atom stereocenters. The molecule has 7 nitrogen and oxygen atoms in total. The molecule has 27 heavy (non-hydrogen) atoms. The topological polar surface area (TPSA) is 87.1 Å². The number of ether oxygens (including phenoxy) is 1. The maximum absolute atomic E-state index is 5.68. The Labute approximate surface area is 167 Å². The smallest absolute Gasteiger partial charge is 0.277 e. The number of thioether (sulfide) groups is 1. The molecule has 0 bridgehead atoms. The first-order valence-electron chi connectivity index (χ1n) is 7.90. The summed E-state index contributed by atoms with van der Waals surface area (Å²) in [5.41, 5.74) is 1.70. The summed E-state index contributed by atoms with van der Waals surface area (Å²) in [6, 6.07) is 15.1. The molecule has 0 saturated heterocycles. The number of hydrogen-bond acceptors (Lipinski definition) is 8. The molecule has 0 fully saturated rings. The lowest BCUT2D eigenvalue weighted by Gasteiger charge is -1.99. The van der Waals surface area contributed by atoms with Gasteiger partial charge in [0, 0.05) is 15.6 Å². The Hall–Kier alpha value is -2.65. The van der Waals surface area contributed by atoms with Crippen LogP contribution in [0.2, 0.25) is 0 Å². The van der Waals surface area contributed by atoms with Gasteiger partial charge in [0.05, 0.1) is 12.9 Å². The van der Waals surface area contributed by atoms with E-state index in [0.717, 1.165) is 21.3 Å². The molecule has 0 spiro atoms. The Morgan fingerprint density at radius 2 is 1.93 bits per heavy atom. The second-order valence-corrected chi connectivity index (χ2v) is 7.25. The zero-order valence-corrected chi connectivity index (χ0v) is 16.5. The fraction of sp³-hybridized carbons (Fsp3) is 0.111. The van der Waals surface area contributed by atoms with Crippen molar-refractivity contribution in [1.29, 1.82) is 0 Å². The minimum atomic E-state index is 0.433. The first-order valence-corrected chi connectivity index (χ1v) is 9.68. The minimum Gasteiger partial charge on any atom is -0.497 e. The first kappa shape index (κ1) is 17.7. The van der Waals surface area contributed by atoms with E-state index in [9.17, 15) is 0 Å². The van der Waals surface area contributed by atoms with E-state index < -0.39 is 0 Å². The van der Waals surface area contributed by atoms with Gasteiger partial charge in [0.1, 0.15) is 5.75 Å². The Morgan fingerprint density at radius 3 is 2.70 bits per heavy atom. The Balaban J connectivity index is 1.41. The van der Waals surface area contributed by atoms with Crippen LogP contribution >= 0.6 is 27.7 Å². The van der Waals surface area contributed by atoms with Crippen LogP contribution in [0.3, 0.4) is 0 Å². The van der Waals surface area contributed by atoms with E-state index in [1.807, 2.05) is 48.5 Å². The van der Waals surface area contributed by atoms with Crippen LogP contribution in [-0.2, 0) is 5.75 Å². The lowest BCUT2D eigenvalue weighted by atomic mass is 10.2. The van der Waals surface area contributed by atoms with Crippen LogP contribution < -0.4 is 4.74 Å². The molecule has 0 N–H and O–H groups in total. The Bertz CT molecular complexity index is 1050. The third-order valence-electron chi connectivity index (χ3n) is 3.61. The fourth-order valence-corrected chi connectivity index (χ4v) is 3.30. The molecule has 2 aromatic heterocycles. The van der Waals surface area contributed by atoms with Crippen molar-refractivity contribution in [2.45, 2.75) is 11.0 Å². The molecule has 136 valence electrons. The summed E-state index contributed by atoms with van der Waals surface area (Å²) in [5, 5.41) is 12.6. The zero-order valence-electron chi connectivity index (χ0n) is 14.1. The average Bonchev–Trinajstić information content (AvgIpc) is 3.36. The van der Waals surface area contributed by atoms with Crippen molar-refractivity contribution in [3.05, 3.63) is 58.9 Å². The molecule has 2 aromatic carbocycles. The first-order chi connectivity index (χ1) is 13.2. The summed E-state index contributed by atoms with van der Waals surface area (Å²) in [6.45, 7) is 0. The van der Waals surface area contributed by atoms with E-state index in [-0.39, 0.29) is 0 Å². The van der Waals surface area contributed by atoms with Crippen molar-refractivity contribution >= 4 is 27.7 Å². The maximum Gasteiger partial charge on any atom is 0.277 e. The van der Waals surface area contributed by atoms with E-state index in [0.29, 0.717) is 28.6 Å².